The van der Waals surface area contributed by atoms with Crippen LogP contribution < -0.4 is 11.1 Å². The lowest BCUT2D eigenvalue weighted by Gasteiger charge is -2.35. The number of H-pyrrole nitrogens is 1. The number of rotatable bonds is 8. The van der Waals surface area contributed by atoms with Crippen LogP contribution in [0.25, 0.3) is 16.6 Å². The molecule has 0 radical (unpaired) electrons. The number of morpholine rings is 1. The van der Waals surface area contributed by atoms with E-state index < -0.39 is 11.4 Å². The molecule has 4 rings (SSSR count). The molecular formula is C26H29FN4O3. The summed E-state index contributed by atoms with van der Waals surface area (Å²) < 4.78 is 22.6. The van der Waals surface area contributed by atoms with Crippen LogP contribution in [0, 0.1) is 12.7 Å². The van der Waals surface area contributed by atoms with E-state index in [2.05, 4.69) is 23.2 Å². The van der Waals surface area contributed by atoms with E-state index in [1.165, 1.54) is 18.2 Å². The standard InChI is InChI=1S/C26H29FN4O3/c1-4-8-19(5-2)22(29-13-15-34-16-14-29)11-12-30-18(3)25-21(17-24(30)32)28-31(26(25)33)23-10-7-6-9-20(23)27/h4-10,17,22,28H,1-2,11-16H2,3H3/b19-8+. The predicted molar refractivity (Wildman–Crippen MR) is 132 cm³/mol. The second-order valence-corrected chi connectivity index (χ2v) is 8.27. The molecule has 1 N–H and O–H groups in total. The van der Waals surface area contributed by atoms with Gasteiger partial charge in [-0.15, -0.1) is 0 Å². The molecule has 1 aliphatic rings. The van der Waals surface area contributed by atoms with Crippen LogP contribution in [-0.4, -0.2) is 51.6 Å². The Hall–Kier alpha value is -3.49. The first-order valence-electron chi connectivity index (χ1n) is 11.3. The van der Waals surface area contributed by atoms with Gasteiger partial charge in [0.1, 0.15) is 11.5 Å². The summed E-state index contributed by atoms with van der Waals surface area (Å²) in [6.45, 7) is 12.8. The number of nitrogens with one attached hydrogen (secondary N) is 1. The Morgan fingerprint density at radius 2 is 1.97 bits per heavy atom. The van der Waals surface area contributed by atoms with Crippen LogP contribution in [0.4, 0.5) is 4.39 Å². The molecule has 1 atom stereocenters. The van der Waals surface area contributed by atoms with Gasteiger partial charge in [0.25, 0.3) is 11.1 Å². The Bertz CT molecular complexity index is 1360. The first kappa shape index (κ1) is 23.7. The van der Waals surface area contributed by atoms with Gasteiger partial charge in [-0.1, -0.05) is 43.5 Å². The maximum Gasteiger partial charge on any atom is 0.280 e. The van der Waals surface area contributed by atoms with E-state index in [9.17, 15) is 14.0 Å². The number of ether oxygens (including phenoxy) is 1. The summed E-state index contributed by atoms with van der Waals surface area (Å²) >= 11 is 0. The van der Waals surface area contributed by atoms with E-state index in [0.29, 0.717) is 42.8 Å². The average molecular weight is 465 g/mol. The lowest BCUT2D eigenvalue weighted by Crippen LogP contribution is -2.45. The molecule has 1 aromatic carbocycles. The lowest BCUT2D eigenvalue weighted by molar-refractivity contribution is 0.0219. The number of allylic oxidation sites excluding steroid dienone is 2. The van der Waals surface area contributed by atoms with Crippen molar-refractivity contribution in [2.24, 2.45) is 0 Å². The molecule has 1 fully saturated rings. The van der Waals surface area contributed by atoms with E-state index >= 15 is 0 Å². The summed E-state index contributed by atoms with van der Waals surface area (Å²) in [5.41, 5.74) is 1.45. The molecule has 0 spiro atoms. The van der Waals surface area contributed by atoms with E-state index in [1.807, 2.05) is 12.2 Å². The minimum atomic E-state index is -0.525. The minimum absolute atomic E-state index is 0.0303. The number of aromatic nitrogens is 3. The van der Waals surface area contributed by atoms with Crippen molar-refractivity contribution in [2.75, 3.05) is 26.3 Å². The quantitative estimate of drug-likeness (QED) is 0.519. The van der Waals surface area contributed by atoms with Crippen molar-refractivity contribution in [3.63, 3.8) is 0 Å². The molecule has 0 bridgehead atoms. The molecule has 7 nitrogen and oxygen atoms in total. The SMILES string of the molecule is C=C/C=C(\C=C)C(CCn1c(C)c2c(=O)n(-c3ccccc3F)[nH]c2cc1=O)N1CCOCC1. The topological polar surface area (TPSA) is 72.3 Å². The van der Waals surface area contributed by atoms with Crippen LogP contribution in [0.3, 0.4) is 0 Å². The van der Waals surface area contributed by atoms with Gasteiger partial charge in [0, 0.05) is 37.4 Å². The zero-order valence-electron chi connectivity index (χ0n) is 19.3. The Labute approximate surface area is 197 Å². The molecule has 1 aliphatic heterocycles. The number of para-hydroxylation sites is 1. The highest BCUT2D eigenvalue weighted by Crippen LogP contribution is 2.20. The number of halogens is 1. The van der Waals surface area contributed by atoms with Crippen molar-refractivity contribution < 1.29 is 9.13 Å². The van der Waals surface area contributed by atoms with Crippen molar-refractivity contribution in [1.82, 2.24) is 19.2 Å². The monoisotopic (exact) mass is 464 g/mol. The highest BCUT2D eigenvalue weighted by molar-refractivity contribution is 5.80. The zero-order valence-corrected chi connectivity index (χ0v) is 19.3. The summed E-state index contributed by atoms with van der Waals surface area (Å²) in [6.07, 6.45) is 6.13. The number of pyridine rings is 1. The van der Waals surface area contributed by atoms with Gasteiger partial charge >= 0.3 is 0 Å². The Balaban J connectivity index is 1.72. The van der Waals surface area contributed by atoms with E-state index in [-0.39, 0.29) is 17.3 Å². The van der Waals surface area contributed by atoms with Gasteiger partial charge in [-0.3, -0.25) is 19.6 Å². The average Bonchev–Trinajstić information content (AvgIpc) is 3.16. The largest absolute Gasteiger partial charge is 0.379 e. The van der Waals surface area contributed by atoms with Gasteiger partial charge in [0.15, 0.2) is 0 Å². The van der Waals surface area contributed by atoms with Crippen molar-refractivity contribution in [3.05, 3.63) is 99.5 Å². The third-order valence-corrected chi connectivity index (χ3v) is 6.36. The number of fused-ring (bicyclic) bond motifs is 1. The van der Waals surface area contributed by atoms with Gasteiger partial charge < -0.3 is 9.30 Å². The Morgan fingerprint density at radius 3 is 2.65 bits per heavy atom. The fourth-order valence-corrected chi connectivity index (χ4v) is 4.64. The minimum Gasteiger partial charge on any atom is -0.379 e. The van der Waals surface area contributed by atoms with E-state index in [4.69, 9.17) is 4.74 Å². The molecule has 8 heteroatoms. The highest BCUT2D eigenvalue weighted by atomic mass is 19.1. The molecule has 0 saturated carbocycles. The van der Waals surface area contributed by atoms with Gasteiger partial charge in [0.2, 0.25) is 0 Å². The summed E-state index contributed by atoms with van der Waals surface area (Å²) in [5, 5.41) is 3.26. The highest BCUT2D eigenvalue weighted by Gasteiger charge is 2.24. The summed E-state index contributed by atoms with van der Waals surface area (Å²) in [6, 6.07) is 7.45. The summed E-state index contributed by atoms with van der Waals surface area (Å²) in [5.74, 6) is -0.525. The molecular weight excluding hydrogens is 435 g/mol. The van der Waals surface area contributed by atoms with Crippen molar-refractivity contribution in [3.8, 4) is 5.69 Å². The summed E-state index contributed by atoms with van der Waals surface area (Å²) in [4.78, 5) is 28.5. The van der Waals surface area contributed by atoms with Gasteiger partial charge in [-0.05, 0) is 31.1 Å². The Morgan fingerprint density at radius 1 is 1.24 bits per heavy atom. The van der Waals surface area contributed by atoms with Crippen molar-refractivity contribution in [1.29, 1.82) is 0 Å². The van der Waals surface area contributed by atoms with Crippen molar-refractivity contribution in [2.45, 2.75) is 25.9 Å². The molecule has 1 unspecified atom stereocenters. The first-order valence-corrected chi connectivity index (χ1v) is 11.3. The van der Waals surface area contributed by atoms with E-state index in [0.717, 1.165) is 23.3 Å². The molecule has 0 aliphatic carbocycles. The third-order valence-electron chi connectivity index (χ3n) is 6.36. The van der Waals surface area contributed by atoms with Crippen LogP contribution >= 0.6 is 0 Å². The normalized spacial score (nSPS) is 16.0. The van der Waals surface area contributed by atoms with Gasteiger partial charge in [-0.2, -0.15) is 0 Å². The Kier molecular flexibility index (Phi) is 7.09. The number of benzene rings is 1. The molecule has 178 valence electrons. The zero-order chi connectivity index (χ0) is 24.2. The van der Waals surface area contributed by atoms with Crippen molar-refractivity contribution >= 4 is 10.9 Å². The third kappa shape index (κ3) is 4.47. The number of aryl methyl sites for hydroxylation is 1. The van der Waals surface area contributed by atoms with Gasteiger partial charge in [0.05, 0.1) is 24.1 Å². The molecule has 1 saturated heterocycles. The van der Waals surface area contributed by atoms with Crippen LogP contribution in [-0.2, 0) is 11.3 Å². The lowest BCUT2D eigenvalue weighted by atomic mass is 10.0. The van der Waals surface area contributed by atoms with Crippen LogP contribution in [0.5, 0.6) is 0 Å². The molecule has 34 heavy (non-hydrogen) atoms. The second kappa shape index (κ2) is 10.2. The second-order valence-electron chi connectivity index (χ2n) is 8.27. The molecule has 2 aromatic heterocycles. The number of hydrogen-bond acceptors (Lipinski definition) is 4. The molecule has 3 heterocycles. The number of nitrogens with zero attached hydrogens (tertiary/aromatic N) is 3. The van der Waals surface area contributed by atoms with Gasteiger partial charge in [-0.25, -0.2) is 9.07 Å². The molecule has 0 amide bonds. The van der Waals surface area contributed by atoms with Crippen LogP contribution in [0.1, 0.15) is 12.1 Å². The first-order chi connectivity index (χ1) is 16.5. The van der Waals surface area contributed by atoms with E-state index in [1.54, 1.807) is 29.7 Å². The predicted octanol–water partition coefficient (Wildman–Crippen LogP) is 3.32. The fraction of sp³-hybridized carbons (Fsp3) is 0.308. The smallest absolute Gasteiger partial charge is 0.280 e. The van der Waals surface area contributed by atoms with Crippen LogP contribution in [0.15, 0.2) is 76.9 Å². The van der Waals surface area contributed by atoms with Crippen LogP contribution in [0.2, 0.25) is 0 Å². The number of aromatic amines is 1. The summed E-state index contributed by atoms with van der Waals surface area (Å²) in [7, 11) is 0. The maximum absolute atomic E-state index is 14.3. The fourth-order valence-electron chi connectivity index (χ4n) is 4.64. The number of hydrogen-bond donors (Lipinski definition) is 1. The molecule has 3 aromatic rings. The maximum atomic E-state index is 14.3.